The van der Waals surface area contributed by atoms with Crippen LogP contribution in [-0.4, -0.2) is 41.8 Å². The van der Waals surface area contributed by atoms with Crippen LogP contribution in [0, 0.1) is 0 Å². The molecule has 1 fully saturated rings. The molecule has 1 aromatic rings. The van der Waals surface area contributed by atoms with Gasteiger partial charge in [-0.25, -0.2) is 0 Å². The normalized spacial score (nSPS) is 20.9. The standard InChI is InChI=1S/C16H19N3O3/c20-14(19-9-3-4-10-19)8-7-13-16(22)17-12-6-2-1-5-11(12)15(21)18-13/h1-2,5-6,13H,3-4,7-10H2,(H,17,22)(H,18,21)/t13-/m1/s1. The molecule has 0 spiro atoms. The van der Waals surface area contributed by atoms with Crippen molar-refractivity contribution >= 4 is 23.4 Å². The lowest BCUT2D eigenvalue weighted by atomic mass is 10.1. The highest BCUT2D eigenvalue weighted by molar-refractivity contribution is 6.09. The van der Waals surface area contributed by atoms with Gasteiger partial charge in [-0.2, -0.15) is 0 Å². The van der Waals surface area contributed by atoms with Crippen LogP contribution in [0.25, 0.3) is 0 Å². The van der Waals surface area contributed by atoms with E-state index in [4.69, 9.17) is 0 Å². The maximum Gasteiger partial charge on any atom is 0.254 e. The fourth-order valence-corrected chi connectivity index (χ4v) is 2.91. The SMILES string of the molecule is O=C1N[C@H](CCC(=O)N2CCCC2)C(=O)Nc2ccccc21. The highest BCUT2D eigenvalue weighted by Crippen LogP contribution is 2.19. The van der Waals surface area contributed by atoms with Gasteiger partial charge in [-0.15, -0.1) is 0 Å². The molecule has 6 heteroatoms. The van der Waals surface area contributed by atoms with Gasteiger partial charge in [0, 0.05) is 19.5 Å². The molecule has 1 aromatic carbocycles. The molecular weight excluding hydrogens is 282 g/mol. The molecule has 0 saturated carbocycles. The van der Waals surface area contributed by atoms with Crippen molar-refractivity contribution in [2.75, 3.05) is 18.4 Å². The van der Waals surface area contributed by atoms with Gasteiger partial charge >= 0.3 is 0 Å². The molecule has 3 amide bonds. The fraction of sp³-hybridized carbons (Fsp3) is 0.438. The molecule has 2 aliphatic heterocycles. The van der Waals surface area contributed by atoms with Gasteiger partial charge in [-0.05, 0) is 31.4 Å². The zero-order valence-corrected chi connectivity index (χ0v) is 12.3. The van der Waals surface area contributed by atoms with E-state index in [1.165, 1.54) is 0 Å². The van der Waals surface area contributed by atoms with Crippen LogP contribution >= 0.6 is 0 Å². The Bertz CT molecular complexity index is 608. The van der Waals surface area contributed by atoms with Gasteiger partial charge in [0.25, 0.3) is 5.91 Å². The van der Waals surface area contributed by atoms with Crippen molar-refractivity contribution in [3.05, 3.63) is 29.8 Å². The number of rotatable bonds is 3. The van der Waals surface area contributed by atoms with Gasteiger partial charge in [-0.3, -0.25) is 14.4 Å². The Morgan fingerprint density at radius 1 is 1.18 bits per heavy atom. The first kappa shape index (κ1) is 14.6. The van der Waals surface area contributed by atoms with Gasteiger partial charge in [-0.1, -0.05) is 12.1 Å². The summed E-state index contributed by atoms with van der Waals surface area (Å²) in [7, 11) is 0. The first-order valence-electron chi connectivity index (χ1n) is 7.63. The Kier molecular flexibility index (Phi) is 4.09. The van der Waals surface area contributed by atoms with Crippen molar-refractivity contribution in [2.24, 2.45) is 0 Å². The van der Waals surface area contributed by atoms with Crippen molar-refractivity contribution in [3.8, 4) is 0 Å². The van der Waals surface area contributed by atoms with E-state index in [9.17, 15) is 14.4 Å². The van der Waals surface area contributed by atoms with Crippen LogP contribution in [0.2, 0.25) is 0 Å². The molecule has 0 aromatic heterocycles. The number of carbonyl (C=O) groups excluding carboxylic acids is 3. The maximum absolute atomic E-state index is 12.2. The van der Waals surface area contributed by atoms with E-state index >= 15 is 0 Å². The molecule has 2 aliphatic rings. The Morgan fingerprint density at radius 2 is 1.91 bits per heavy atom. The van der Waals surface area contributed by atoms with E-state index in [0.717, 1.165) is 25.9 Å². The molecule has 0 unspecified atom stereocenters. The number of benzene rings is 1. The number of carbonyl (C=O) groups is 3. The molecule has 3 rings (SSSR count). The molecule has 2 N–H and O–H groups in total. The summed E-state index contributed by atoms with van der Waals surface area (Å²) < 4.78 is 0. The molecule has 1 atom stereocenters. The number of hydrogen-bond acceptors (Lipinski definition) is 3. The molecule has 1 saturated heterocycles. The third kappa shape index (κ3) is 2.95. The van der Waals surface area contributed by atoms with Crippen LogP contribution < -0.4 is 10.6 Å². The summed E-state index contributed by atoms with van der Waals surface area (Å²) in [5, 5.41) is 5.46. The minimum atomic E-state index is -0.675. The molecule has 116 valence electrons. The molecule has 2 heterocycles. The van der Waals surface area contributed by atoms with Gasteiger partial charge in [0.15, 0.2) is 0 Å². The summed E-state index contributed by atoms with van der Waals surface area (Å²) in [6.07, 6.45) is 2.68. The van der Waals surface area contributed by atoms with E-state index in [2.05, 4.69) is 10.6 Å². The highest BCUT2D eigenvalue weighted by Gasteiger charge is 2.28. The van der Waals surface area contributed by atoms with Crippen molar-refractivity contribution in [3.63, 3.8) is 0 Å². The van der Waals surface area contributed by atoms with E-state index in [1.54, 1.807) is 24.3 Å². The van der Waals surface area contributed by atoms with E-state index in [1.807, 2.05) is 4.90 Å². The highest BCUT2D eigenvalue weighted by atomic mass is 16.2. The zero-order chi connectivity index (χ0) is 15.5. The Hall–Kier alpha value is -2.37. The Morgan fingerprint density at radius 3 is 2.68 bits per heavy atom. The van der Waals surface area contributed by atoms with E-state index < -0.39 is 6.04 Å². The average Bonchev–Trinajstić information content (AvgIpc) is 3.02. The summed E-state index contributed by atoms with van der Waals surface area (Å²) in [6, 6.07) is 6.21. The summed E-state index contributed by atoms with van der Waals surface area (Å²) in [6.45, 7) is 1.60. The number of para-hydroxylation sites is 1. The number of hydrogen-bond donors (Lipinski definition) is 2. The monoisotopic (exact) mass is 301 g/mol. The number of amides is 3. The topological polar surface area (TPSA) is 78.5 Å². The third-order valence-electron chi connectivity index (χ3n) is 4.16. The van der Waals surface area contributed by atoms with Crippen LogP contribution in [0.1, 0.15) is 36.0 Å². The average molecular weight is 301 g/mol. The van der Waals surface area contributed by atoms with Crippen LogP contribution in [0.15, 0.2) is 24.3 Å². The van der Waals surface area contributed by atoms with Crippen LogP contribution in [-0.2, 0) is 9.59 Å². The lowest BCUT2D eigenvalue weighted by Gasteiger charge is -2.18. The Labute approximate surface area is 128 Å². The van der Waals surface area contributed by atoms with Crippen LogP contribution in [0.4, 0.5) is 5.69 Å². The van der Waals surface area contributed by atoms with E-state index in [-0.39, 0.29) is 24.1 Å². The minimum Gasteiger partial charge on any atom is -0.343 e. The molecule has 6 nitrogen and oxygen atoms in total. The summed E-state index contributed by atoms with van der Waals surface area (Å²) in [5.41, 5.74) is 0.961. The summed E-state index contributed by atoms with van der Waals surface area (Å²) in [4.78, 5) is 38.3. The number of nitrogens with one attached hydrogen (secondary N) is 2. The lowest BCUT2D eigenvalue weighted by Crippen LogP contribution is -2.42. The van der Waals surface area contributed by atoms with Crippen molar-refractivity contribution in [1.82, 2.24) is 10.2 Å². The predicted molar refractivity (Wildman–Crippen MR) is 81.4 cm³/mol. The van der Waals surface area contributed by atoms with Crippen molar-refractivity contribution in [2.45, 2.75) is 31.7 Å². The summed E-state index contributed by atoms with van der Waals surface area (Å²) in [5.74, 6) is -0.499. The molecule has 22 heavy (non-hydrogen) atoms. The minimum absolute atomic E-state index is 0.0568. The smallest absolute Gasteiger partial charge is 0.254 e. The van der Waals surface area contributed by atoms with Gasteiger partial charge < -0.3 is 15.5 Å². The van der Waals surface area contributed by atoms with Crippen molar-refractivity contribution in [1.29, 1.82) is 0 Å². The second kappa shape index (κ2) is 6.17. The van der Waals surface area contributed by atoms with Gasteiger partial charge in [0.05, 0.1) is 11.3 Å². The quantitative estimate of drug-likeness (QED) is 0.878. The predicted octanol–water partition coefficient (Wildman–Crippen LogP) is 1.14. The van der Waals surface area contributed by atoms with E-state index in [0.29, 0.717) is 17.7 Å². The molecular formula is C16H19N3O3. The number of fused-ring (bicyclic) bond motifs is 1. The Balaban J connectivity index is 1.64. The second-order valence-corrected chi connectivity index (χ2v) is 5.69. The molecule has 0 aliphatic carbocycles. The maximum atomic E-state index is 12.2. The largest absolute Gasteiger partial charge is 0.343 e. The molecule has 0 radical (unpaired) electrons. The second-order valence-electron chi connectivity index (χ2n) is 5.69. The molecule has 0 bridgehead atoms. The zero-order valence-electron chi connectivity index (χ0n) is 12.3. The van der Waals surface area contributed by atoms with Gasteiger partial charge in [0.2, 0.25) is 11.8 Å². The van der Waals surface area contributed by atoms with Crippen LogP contribution in [0.3, 0.4) is 0 Å². The first-order chi connectivity index (χ1) is 10.6. The number of anilines is 1. The number of likely N-dealkylation sites (tertiary alicyclic amines) is 1. The first-order valence-corrected chi connectivity index (χ1v) is 7.63. The van der Waals surface area contributed by atoms with Crippen molar-refractivity contribution < 1.29 is 14.4 Å². The third-order valence-corrected chi connectivity index (χ3v) is 4.16. The fourth-order valence-electron chi connectivity index (χ4n) is 2.91. The summed E-state index contributed by atoms with van der Waals surface area (Å²) >= 11 is 0. The lowest BCUT2D eigenvalue weighted by molar-refractivity contribution is -0.130. The van der Waals surface area contributed by atoms with Crippen LogP contribution in [0.5, 0.6) is 0 Å². The number of nitrogens with zero attached hydrogens (tertiary/aromatic N) is 1. The van der Waals surface area contributed by atoms with Gasteiger partial charge in [0.1, 0.15) is 6.04 Å².